The van der Waals surface area contributed by atoms with Crippen LogP contribution in [0.5, 0.6) is 5.75 Å². The molecule has 2 N–H and O–H groups in total. The number of aliphatic hydroxyl groups excluding tert-OH is 1. The Morgan fingerprint density at radius 2 is 1.91 bits per heavy atom. The highest BCUT2D eigenvalue weighted by Gasteiger charge is 2.44. The number of nitriles is 1. The molecule has 2 aromatic carbocycles. The highest BCUT2D eigenvalue weighted by atomic mass is 32.2. The van der Waals surface area contributed by atoms with Gasteiger partial charge in [-0.2, -0.15) is 9.57 Å². The van der Waals surface area contributed by atoms with Crippen molar-refractivity contribution < 1.29 is 37.3 Å². The second-order valence-corrected chi connectivity index (χ2v) is 13.7. The minimum Gasteiger partial charge on any atom is -0.497 e. The van der Waals surface area contributed by atoms with Crippen molar-refractivity contribution in [3.05, 3.63) is 60.2 Å². The number of methoxy groups -OCH3 is 1. The lowest BCUT2D eigenvalue weighted by molar-refractivity contribution is -0.0907. The summed E-state index contributed by atoms with van der Waals surface area (Å²) in [5, 5.41) is 23.5. The summed E-state index contributed by atoms with van der Waals surface area (Å²) in [6.45, 7) is 4.27. The van der Waals surface area contributed by atoms with E-state index in [1.54, 1.807) is 12.1 Å². The average molecular weight is 616 g/mol. The number of nitrogens with one attached hydrogen (secondary N) is 1. The van der Waals surface area contributed by atoms with Crippen molar-refractivity contribution in [2.45, 2.75) is 69.0 Å². The van der Waals surface area contributed by atoms with Gasteiger partial charge in [0.15, 0.2) is 6.29 Å². The molecule has 0 spiro atoms. The first-order chi connectivity index (χ1) is 20.5. The largest absolute Gasteiger partial charge is 0.497 e. The molecule has 2 aromatic rings. The lowest BCUT2D eigenvalue weighted by Crippen LogP contribution is -2.52. The van der Waals surface area contributed by atoms with Crippen molar-refractivity contribution in [2.75, 3.05) is 33.4 Å². The van der Waals surface area contributed by atoms with Gasteiger partial charge in [0.25, 0.3) is 0 Å². The van der Waals surface area contributed by atoms with E-state index in [9.17, 15) is 18.3 Å². The van der Waals surface area contributed by atoms with Crippen LogP contribution in [-0.4, -0.2) is 81.9 Å². The number of benzene rings is 2. The Hall–Kier alpha value is -3.21. The molecule has 43 heavy (non-hydrogen) atoms. The molecule has 0 aromatic heterocycles. The fourth-order valence-corrected chi connectivity index (χ4v) is 7.10. The Bertz CT molecular complexity index is 1350. The van der Waals surface area contributed by atoms with Crippen molar-refractivity contribution in [3.8, 4) is 11.8 Å². The monoisotopic (exact) mass is 615 g/mol. The van der Waals surface area contributed by atoms with Crippen LogP contribution in [-0.2, 0) is 30.7 Å². The average Bonchev–Trinajstić information content (AvgIpc) is 3.61. The summed E-state index contributed by atoms with van der Waals surface area (Å²) in [6, 6.07) is 16.6. The number of ether oxygens (including phenoxy) is 4. The van der Waals surface area contributed by atoms with Gasteiger partial charge in [0.05, 0.1) is 49.4 Å². The number of alkyl carbamates (subject to hydrolysis) is 1. The first kappa shape index (κ1) is 32.7. The number of nitrogens with zero attached hydrogens (tertiary/aromatic N) is 2. The molecule has 2 saturated heterocycles. The smallest absolute Gasteiger partial charge is 0.407 e. The van der Waals surface area contributed by atoms with Gasteiger partial charge >= 0.3 is 6.09 Å². The molecule has 0 unspecified atom stereocenters. The van der Waals surface area contributed by atoms with Crippen molar-refractivity contribution in [1.29, 1.82) is 5.26 Å². The van der Waals surface area contributed by atoms with Crippen LogP contribution >= 0.6 is 0 Å². The van der Waals surface area contributed by atoms with Crippen molar-refractivity contribution in [1.82, 2.24) is 9.62 Å². The maximum Gasteiger partial charge on any atom is 0.407 e. The summed E-state index contributed by atoms with van der Waals surface area (Å²) in [7, 11) is -2.59. The van der Waals surface area contributed by atoms with E-state index in [0.717, 1.165) is 12.0 Å². The number of hydrogen-bond donors (Lipinski definition) is 2. The fraction of sp³-hybridized carbons (Fsp3) is 0.548. The standard InChI is InChI=1S/C31H41N3O8S/c1-31(2,15-7-16-32)21-34(43(37,38)24-12-10-23(39-3)11-13-24)19-27(35)26(18-22-8-5-4-6-9-22)33-30(36)42-28-20-41-29-25(28)14-17-40-29/h4-6,8-13,25-29,35H,7,14-15,17-21H2,1-3H3,(H,33,36)/t25-,26+,27-,28-,29+/m1/s1. The molecule has 1 amide bonds. The fourth-order valence-electron chi connectivity index (χ4n) is 5.45. The maximum absolute atomic E-state index is 13.9. The molecule has 5 atom stereocenters. The predicted molar refractivity (Wildman–Crippen MR) is 158 cm³/mol. The molecule has 0 aliphatic carbocycles. The van der Waals surface area contributed by atoms with E-state index in [2.05, 4.69) is 11.4 Å². The van der Waals surface area contributed by atoms with Crippen molar-refractivity contribution in [3.63, 3.8) is 0 Å². The molecular weight excluding hydrogens is 574 g/mol. The Kier molecular flexibility index (Phi) is 11.0. The molecule has 11 nitrogen and oxygen atoms in total. The lowest BCUT2D eigenvalue weighted by atomic mass is 9.88. The molecule has 0 bridgehead atoms. The van der Waals surface area contributed by atoms with Crippen LogP contribution in [0.3, 0.4) is 0 Å². The summed E-state index contributed by atoms with van der Waals surface area (Å²) >= 11 is 0. The first-order valence-electron chi connectivity index (χ1n) is 14.5. The summed E-state index contributed by atoms with van der Waals surface area (Å²) in [4.78, 5) is 13.1. The zero-order chi connectivity index (χ0) is 31.0. The minimum atomic E-state index is -4.08. The Morgan fingerprint density at radius 3 is 2.58 bits per heavy atom. The van der Waals surface area contributed by atoms with E-state index in [4.69, 9.17) is 24.2 Å². The number of hydrogen-bond acceptors (Lipinski definition) is 9. The van der Waals surface area contributed by atoms with E-state index in [-0.39, 0.29) is 49.6 Å². The number of sulfonamides is 1. The van der Waals surface area contributed by atoms with Gasteiger partial charge < -0.3 is 29.4 Å². The van der Waals surface area contributed by atoms with Gasteiger partial charge in [-0.3, -0.25) is 0 Å². The SMILES string of the molecule is COc1ccc(S(=O)(=O)N(C[C@@H](O)[C@H](Cc2ccccc2)NC(=O)O[C@@H]2CO[C@@H]3OCC[C@@H]32)CC(C)(C)CCC#N)cc1. The number of aliphatic hydroxyl groups is 1. The van der Waals surface area contributed by atoms with Gasteiger partial charge in [0.2, 0.25) is 10.0 Å². The zero-order valence-electron chi connectivity index (χ0n) is 24.8. The Labute approximate surface area is 253 Å². The summed E-state index contributed by atoms with van der Waals surface area (Å²) < 4.78 is 51.1. The van der Waals surface area contributed by atoms with Crippen LogP contribution in [0.4, 0.5) is 4.79 Å². The number of fused-ring (bicyclic) bond motifs is 1. The van der Waals surface area contributed by atoms with Crippen LogP contribution in [0.2, 0.25) is 0 Å². The normalized spacial score (nSPS) is 21.5. The van der Waals surface area contributed by atoms with Crippen molar-refractivity contribution >= 4 is 16.1 Å². The number of carbonyl (C=O) groups excluding carboxylic acids is 1. The molecule has 0 radical (unpaired) electrons. The van der Waals surface area contributed by atoms with Gasteiger partial charge in [-0.1, -0.05) is 44.2 Å². The zero-order valence-corrected chi connectivity index (χ0v) is 25.7. The number of rotatable bonds is 14. The third kappa shape index (κ3) is 8.68. The molecule has 2 fully saturated rings. The molecular formula is C31H41N3O8S. The van der Waals surface area contributed by atoms with Crippen LogP contribution in [0.25, 0.3) is 0 Å². The van der Waals surface area contributed by atoms with Gasteiger partial charge in [0.1, 0.15) is 11.9 Å². The van der Waals surface area contributed by atoms with Gasteiger partial charge in [-0.25, -0.2) is 13.2 Å². The summed E-state index contributed by atoms with van der Waals surface area (Å²) in [5.74, 6) is 0.456. The predicted octanol–water partition coefficient (Wildman–Crippen LogP) is 3.48. The molecule has 12 heteroatoms. The second kappa shape index (κ2) is 14.5. The highest BCUT2D eigenvalue weighted by Crippen LogP contribution is 2.33. The molecule has 2 aliphatic rings. The molecule has 2 aliphatic heterocycles. The van der Waals surface area contributed by atoms with E-state index in [1.807, 2.05) is 44.2 Å². The van der Waals surface area contributed by atoms with Crippen LogP contribution in [0.1, 0.15) is 38.7 Å². The van der Waals surface area contributed by atoms with Crippen LogP contribution < -0.4 is 10.1 Å². The maximum atomic E-state index is 13.9. The molecule has 0 saturated carbocycles. The number of carbonyl (C=O) groups is 1. The van der Waals surface area contributed by atoms with E-state index in [0.29, 0.717) is 18.8 Å². The summed E-state index contributed by atoms with van der Waals surface area (Å²) in [6.07, 6.45) is -1.20. The van der Waals surface area contributed by atoms with Crippen LogP contribution in [0, 0.1) is 22.7 Å². The minimum absolute atomic E-state index is 0.0399. The van der Waals surface area contributed by atoms with E-state index < -0.39 is 39.8 Å². The molecule has 2 heterocycles. The second-order valence-electron chi connectivity index (χ2n) is 11.8. The Morgan fingerprint density at radius 1 is 1.19 bits per heavy atom. The number of amides is 1. The van der Waals surface area contributed by atoms with E-state index in [1.165, 1.54) is 23.5 Å². The summed E-state index contributed by atoms with van der Waals surface area (Å²) in [5.41, 5.74) is 0.276. The third-order valence-electron chi connectivity index (χ3n) is 7.92. The molecule has 234 valence electrons. The molecule has 4 rings (SSSR count). The van der Waals surface area contributed by atoms with E-state index >= 15 is 0 Å². The van der Waals surface area contributed by atoms with Crippen molar-refractivity contribution in [2.24, 2.45) is 11.3 Å². The van der Waals surface area contributed by atoms with Gasteiger partial charge in [0, 0.05) is 19.5 Å². The third-order valence-corrected chi connectivity index (χ3v) is 9.74. The first-order valence-corrected chi connectivity index (χ1v) is 15.9. The topological polar surface area (TPSA) is 147 Å². The Balaban J connectivity index is 1.56. The highest BCUT2D eigenvalue weighted by molar-refractivity contribution is 7.89. The van der Waals surface area contributed by atoms with Crippen LogP contribution in [0.15, 0.2) is 59.5 Å². The van der Waals surface area contributed by atoms with Gasteiger partial charge in [-0.15, -0.1) is 0 Å². The van der Waals surface area contributed by atoms with Gasteiger partial charge in [-0.05, 0) is 54.5 Å². The quantitative estimate of drug-likeness (QED) is 0.326. The lowest BCUT2D eigenvalue weighted by Gasteiger charge is -2.35.